The molecule has 0 aliphatic carbocycles. The van der Waals surface area contributed by atoms with Crippen molar-refractivity contribution in [1.29, 1.82) is 0 Å². The molecule has 0 fully saturated rings. The Hall–Kier alpha value is -3.85. The molecule has 2 rings (SSSR count). The van der Waals surface area contributed by atoms with E-state index >= 15 is 0 Å². The van der Waals surface area contributed by atoms with E-state index in [1.807, 2.05) is 32.9 Å². The van der Waals surface area contributed by atoms with Gasteiger partial charge in [0.1, 0.15) is 12.1 Å². The first-order chi connectivity index (χ1) is 24.0. The third kappa shape index (κ3) is 14.7. The van der Waals surface area contributed by atoms with Crippen LogP contribution in [0, 0.1) is 17.8 Å². The summed E-state index contributed by atoms with van der Waals surface area (Å²) in [6.45, 7) is 16.4. The smallest absolute Gasteiger partial charge is 0.326 e. The lowest BCUT2D eigenvalue weighted by Crippen LogP contribution is -2.53. The van der Waals surface area contributed by atoms with Crippen LogP contribution in [0.5, 0.6) is 0 Å². The maximum Gasteiger partial charge on any atom is 0.326 e. The maximum absolute atomic E-state index is 13.9. The summed E-state index contributed by atoms with van der Waals surface area (Å²) in [5.74, 6) is -4.55. The van der Waals surface area contributed by atoms with Crippen molar-refractivity contribution in [3.8, 4) is 11.1 Å². The van der Waals surface area contributed by atoms with Crippen molar-refractivity contribution in [3.05, 3.63) is 59.7 Å². The fourth-order valence-corrected chi connectivity index (χ4v) is 6.09. The number of aliphatic carboxylic acids is 1. The molecule has 0 aliphatic heterocycles. The third-order valence-corrected chi connectivity index (χ3v) is 9.11. The molecular formula is C42H62N2O7. The van der Waals surface area contributed by atoms with Gasteiger partial charge in [-0.3, -0.25) is 19.2 Å². The first kappa shape index (κ1) is 43.3. The highest BCUT2D eigenvalue weighted by molar-refractivity contribution is 6.00. The highest BCUT2D eigenvalue weighted by Gasteiger charge is 2.35. The standard InChI is InChI=1S/C42H62N2O7/c1-10-12-14-16-34(26-35(45)33-23-21-32(22-24-33)31-19-17-30(18-20-31)15-13-11-2)40(48)44-38(29(6)51-42(7,8)9)36(46)25-28(5)39(47)43-37(27(3)4)41(49)50/h17-24,27-29,34,37-38H,10-16,25-26H2,1-9H3,(H,43,47)(H,44,48)(H,49,50)/t28-,29-,34-,37+,38+/m1/s1. The summed E-state index contributed by atoms with van der Waals surface area (Å²) in [6.07, 6.45) is 5.45. The van der Waals surface area contributed by atoms with Crippen LogP contribution in [0.3, 0.4) is 0 Å². The van der Waals surface area contributed by atoms with Gasteiger partial charge in [-0.15, -0.1) is 0 Å². The number of carboxylic acid groups (broad SMARTS) is 1. The molecule has 0 heterocycles. The van der Waals surface area contributed by atoms with Crippen LogP contribution in [0.25, 0.3) is 11.1 Å². The zero-order chi connectivity index (χ0) is 38.3. The molecule has 0 saturated carbocycles. The van der Waals surface area contributed by atoms with Gasteiger partial charge in [-0.25, -0.2) is 4.79 Å². The number of nitrogens with one attached hydrogen (secondary N) is 2. The molecule has 0 spiro atoms. The Morgan fingerprint density at radius 1 is 0.725 bits per heavy atom. The van der Waals surface area contributed by atoms with Crippen molar-refractivity contribution >= 4 is 29.4 Å². The number of rotatable bonds is 22. The minimum atomic E-state index is -1.15. The van der Waals surface area contributed by atoms with Crippen LogP contribution in [0.15, 0.2) is 48.5 Å². The molecule has 3 N–H and O–H groups in total. The van der Waals surface area contributed by atoms with Crippen LogP contribution < -0.4 is 10.6 Å². The van der Waals surface area contributed by atoms with E-state index in [-0.39, 0.29) is 24.5 Å². The molecule has 0 aromatic heterocycles. The van der Waals surface area contributed by atoms with Crippen molar-refractivity contribution in [2.75, 3.05) is 0 Å². The van der Waals surface area contributed by atoms with E-state index in [0.29, 0.717) is 12.0 Å². The minimum Gasteiger partial charge on any atom is -0.480 e. The first-order valence-corrected chi connectivity index (χ1v) is 18.7. The number of hydrogen-bond acceptors (Lipinski definition) is 6. The number of carbonyl (C=O) groups is 5. The number of Topliss-reactive ketones (excluding diaryl/α,β-unsaturated/α-hetero) is 2. The average Bonchev–Trinajstić information content (AvgIpc) is 3.07. The van der Waals surface area contributed by atoms with Crippen molar-refractivity contribution in [3.63, 3.8) is 0 Å². The molecule has 2 amide bonds. The lowest BCUT2D eigenvalue weighted by Gasteiger charge is -2.32. The minimum absolute atomic E-state index is 0.0129. The van der Waals surface area contributed by atoms with Gasteiger partial charge in [0.2, 0.25) is 11.8 Å². The molecule has 5 atom stereocenters. The zero-order valence-electron chi connectivity index (χ0n) is 32.3. The Labute approximate surface area is 305 Å². The first-order valence-electron chi connectivity index (χ1n) is 18.7. The molecule has 0 unspecified atom stereocenters. The quantitative estimate of drug-likeness (QED) is 0.0834. The SMILES string of the molecule is CCCCC[C@H](CC(=O)c1ccc(-c2ccc(CCCC)cc2)cc1)C(=O)N[C@H](C(=O)C[C@@H](C)C(=O)N[C@H](C(=O)O)C(C)C)[C@@H](C)OC(C)(C)C. The molecule has 0 bridgehead atoms. The van der Waals surface area contributed by atoms with Crippen LogP contribution in [-0.2, 0) is 30.3 Å². The zero-order valence-corrected chi connectivity index (χ0v) is 32.3. The van der Waals surface area contributed by atoms with Gasteiger partial charge in [0, 0.05) is 30.2 Å². The Morgan fingerprint density at radius 2 is 1.27 bits per heavy atom. The summed E-state index contributed by atoms with van der Waals surface area (Å²) in [7, 11) is 0. The third-order valence-electron chi connectivity index (χ3n) is 9.11. The van der Waals surface area contributed by atoms with Gasteiger partial charge in [0.05, 0.1) is 11.7 Å². The molecule has 0 radical (unpaired) electrons. The number of aryl methyl sites for hydroxylation is 1. The number of hydrogen-bond donors (Lipinski definition) is 3. The molecule has 0 aliphatic rings. The summed E-state index contributed by atoms with van der Waals surface area (Å²) >= 11 is 0. The van der Waals surface area contributed by atoms with E-state index in [4.69, 9.17) is 4.74 Å². The molecule has 2 aromatic carbocycles. The van der Waals surface area contributed by atoms with Gasteiger partial charge in [0.15, 0.2) is 11.6 Å². The summed E-state index contributed by atoms with van der Waals surface area (Å²) in [4.78, 5) is 65.8. The van der Waals surface area contributed by atoms with Gasteiger partial charge in [-0.1, -0.05) is 109 Å². The maximum atomic E-state index is 13.9. The number of ether oxygens (including phenoxy) is 1. The van der Waals surface area contributed by atoms with Crippen LogP contribution in [0.2, 0.25) is 0 Å². The van der Waals surface area contributed by atoms with Crippen molar-refractivity contribution < 1.29 is 33.8 Å². The van der Waals surface area contributed by atoms with Crippen molar-refractivity contribution in [2.45, 2.75) is 144 Å². The highest BCUT2D eigenvalue weighted by Crippen LogP contribution is 2.24. The molecule has 51 heavy (non-hydrogen) atoms. The fraction of sp³-hybridized carbons (Fsp3) is 0.595. The van der Waals surface area contributed by atoms with E-state index in [9.17, 15) is 29.1 Å². The summed E-state index contributed by atoms with van der Waals surface area (Å²) in [5, 5.41) is 14.9. The summed E-state index contributed by atoms with van der Waals surface area (Å²) in [5.41, 5.74) is 3.27. The van der Waals surface area contributed by atoms with Gasteiger partial charge in [-0.05, 0) is 69.6 Å². The lowest BCUT2D eigenvalue weighted by molar-refractivity contribution is -0.144. The van der Waals surface area contributed by atoms with Gasteiger partial charge >= 0.3 is 5.97 Å². The number of carbonyl (C=O) groups excluding carboxylic acids is 4. The van der Waals surface area contributed by atoms with Crippen LogP contribution in [-0.4, -0.2) is 58.2 Å². The molecule has 2 aromatic rings. The van der Waals surface area contributed by atoms with Crippen LogP contribution >= 0.6 is 0 Å². The number of amides is 2. The monoisotopic (exact) mass is 706 g/mol. The van der Waals surface area contributed by atoms with Gasteiger partial charge < -0.3 is 20.5 Å². The largest absolute Gasteiger partial charge is 0.480 e. The second kappa shape index (κ2) is 20.9. The summed E-state index contributed by atoms with van der Waals surface area (Å²) in [6, 6.07) is 13.8. The van der Waals surface area contributed by atoms with E-state index < -0.39 is 59.2 Å². The normalized spacial score (nSPS) is 14.6. The topological polar surface area (TPSA) is 139 Å². The average molecular weight is 707 g/mol. The fourth-order valence-electron chi connectivity index (χ4n) is 6.09. The van der Waals surface area contributed by atoms with E-state index in [0.717, 1.165) is 49.7 Å². The molecule has 282 valence electrons. The molecule has 0 saturated heterocycles. The Morgan fingerprint density at radius 3 is 1.78 bits per heavy atom. The van der Waals surface area contributed by atoms with Crippen LogP contribution in [0.1, 0.15) is 130 Å². The van der Waals surface area contributed by atoms with E-state index in [2.05, 4.69) is 48.7 Å². The highest BCUT2D eigenvalue weighted by atomic mass is 16.5. The van der Waals surface area contributed by atoms with Gasteiger partial charge in [-0.2, -0.15) is 0 Å². The number of ketones is 2. The second-order valence-electron chi connectivity index (χ2n) is 15.3. The second-order valence-corrected chi connectivity index (χ2v) is 15.3. The molecular weight excluding hydrogens is 644 g/mol. The van der Waals surface area contributed by atoms with E-state index in [1.54, 1.807) is 39.8 Å². The van der Waals surface area contributed by atoms with Gasteiger partial charge in [0.25, 0.3) is 0 Å². The van der Waals surface area contributed by atoms with E-state index in [1.165, 1.54) is 5.56 Å². The molecule has 9 heteroatoms. The number of carboxylic acids is 1. The Bertz CT molecular complexity index is 1430. The Kier molecular flexibility index (Phi) is 17.7. The van der Waals surface area contributed by atoms with Crippen molar-refractivity contribution in [1.82, 2.24) is 10.6 Å². The number of benzene rings is 2. The van der Waals surface area contributed by atoms with Crippen LogP contribution in [0.4, 0.5) is 0 Å². The predicted molar refractivity (Wildman–Crippen MR) is 202 cm³/mol. The predicted octanol–water partition coefficient (Wildman–Crippen LogP) is 7.97. The Balaban J connectivity index is 2.24. The molecule has 9 nitrogen and oxygen atoms in total. The van der Waals surface area contributed by atoms with Crippen molar-refractivity contribution in [2.24, 2.45) is 17.8 Å². The summed E-state index contributed by atoms with van der Waals surface area (Å²) < 4.78 is 6.11. The lowest BCUT2D eigenvalue weighted by atomic mass is 9.90. The number of unbranched alkanes of at least 4 members (excludes halogenated alkanes) is 3.